The zero-order chi connectivity index (χ0) is 12.0. The second-order valence-corrected chi connectivity index (χ2v) is 3.50. The molecule has 3 rings (SSSR count). The first-order valence-corrected chi connectivity index (χ1v) is 4.76. The predicted octanol–water partition coefficient (Wildman–Crippen LogP) is -0.135. The van der Waals surface area contributed by atoms with Crippen molar-refractivity contribution in [3.8, 4) is 5.75 Å². The van der Waals surface area contributed by atoms with Crippen LogP contribution in [-0.4, -0.2) is 25.0 Å². The average molecular weight is 230 g/mol. The normalized spacial score (nSPS) is 11.1. The van der Waals surface area contributed by atoms with Gasteiger partial charge in [0, 0.05) is 6.07 Å². The summed E-state index contributed by atoms with van der Waals surface area (Å²) in [6.45, 7) is 0. The maximum atomic E-state index is 11.5. The summed E-state index contributed by atoms with van der Waals surface area (Å²) in [6, 6.07) is 4.40. The van der Waals surface area contributed by atoms with Crippen LogP contribution in [0.25, 0.3) is 22.2 Å². The van der Waals surface area contributed by atoms with Crippen LogP contribution in [0.3, 0.4) is 0 Å². The number of benzene rings is 1. The van der Waals surface area contributed by atoms with Crippen LogP contribution in [0.4, 0.5) is 0 Å². The number of H-pyrrole nitrogens is 2. The van der Waals surface area contributed by atoms with Crippen molar-refractivity contribution in [3.05, 3.63) is 39.0 Å². The van der Waals surface area contributed by atoms with Crippen LogP contribution in [0, 0.1) is 0 Å². The Kier molecular flexibility index (Phi) is 1.76. The fourth-order valence-corrected chi connectivity index (χ4v) is 1.59. The number of hydrogen-bond acceptors (Lipinski definition) is 5. The molecule has 7 heteroatoms. The molecular weight excluding hydrogens is 224 g/mol. The highest BCUT2D eigenvalue weighted by molar-refractivity contribution is 5.84. The molecule has 3 N–H and O–H groups in total. The molecule has 0 atom stereocenters. The molecule has 3 aromatic rings. The van der Waals surface area contributed by atoms with Gasteiger partial charge in [0.15, 0.2) is 11.2 Å². The third-order valence-electron chi connectivity index (χ3n) is 2.32. The molecule has 0 bridgehead atoms. The van der Waals surface area contributed by atoms with Crippen LogP contribution in [0.15, 0.2) is 27.8 Å². The fraction of sp³-hybridized carbons (Fsp3) is 0. The van der Waals surface area contributed by atoms with Crippen LogP contribution in [-0.2, 0) is 0 Å². The van der Waals surface area contributed by atoms with Gasteiger partial charge in [0.05, 0.1) is 11.0 Å². The molecular formula is C10H6N4O3. The average Bonchev–Trinajstić information content (AvgIpc) is 2.27. The van der Waals surface area contributed by atoms with Gasteiger partial charge in [-0.05, 0) is 12.1 Å². The highest BCUT2D eigenvalue weighted by atomic mass is 16.3. The van der Waals surface area contributed by atoms with E-state index >= 15 is 0 Å². The summed E-state index contributed by atoms with van der Waals surface area (Å²) in [6.07, 6.45) is 0. The number of rotatable bonds is 0. The highest BCUT2D eigenvalue weighted by Gasteiger charge is 2.06. The largest absolute Gasteiger partial charge is 0.508 e. The van der Waals surface area contributed by atoms with Gasteiger partial charge < -0.3 is 5.11 Å². The highest BCUT2D eigenvalue weighted by Crippen LogP contribution is 2.17. The molecule has 0 radical (unpaired) electrons. The summed E-state index contributed by atoms with van der Waals surface area (Å²) in [5.41, 5.74) is -0.220. The molecule has 0 aliphatic rings. The molecule has 0 saturated heterocycles. The lowest BCUT2D eigenvalue weighted by Gasteiger charge is -1.99. The summed E-state index contributed by atoms with van der Waals surface area (Å²) >= 11 is 0. The van der Waals surface area contributed by atoms with Crippen molar-refractivity contribution >= 4 is 22.2 Å². The van der Waals surface area contributed by atoms with E-state index in [1.54, 1.807) is 6.07 Å². The lowest BCUT2D eigenvalue weighted by Crippen LogP contribution is -2.23. The van der Waals surface area contributed by atoms with Crippen molar-refractivity contribution < 1.29 is 5.11 Å². The number of phenols is 1. The maximum absolute atomic E-state index is 11.5. The molecule has 2 aromatic heterocycles. The maximum Gasteiger partial charge on any atom is 0.327 e. The number of phenolic OH excluding ortho intramolecular Hbond substituents is 1. The molecule has 0 aliphatic carbocycles. The van der Waals surface area contributed by atoms with E-state index in [0.717, 1.165) is 0 Å². The van der Waals surface area contributed by atoms with E-state index in [1.807, 2.05) is 0 Å². The van der Waals surface area contributed by atoms with E-state index in [2.05, 4.69) is 19.9 Å². The standard InChI is InChI=1S/C10H6N4O3/c15-4-1-2-5-6(3-4)11-7-8(12-5)13-10(17)14-9(7)16/h1-3,15H,(H2,12,13,14,16,17). The van der Waals surface area contributed by atoms with Gasteiger partial charge in [-0.2, -0.15) is 0 Å². The number of aromatic nitrogens is 4. The van der Waals surface area contributed by atoms with E-state index in [-0.39, 0.29) is 16.9 Å². The zero-order valence-corrected chi connectivity index (χ0v) is 8.39. The lowest BCUT2D eigenvalue weighted by molar-refractivity contribution is 0.476. The van der Waals surface area contributed by atoms with Crippen LogP contribution < -0.4 is 11.2 Å². The SMILES string of the molecule is O=c1[nH]c(=O)c2nc3cc(O)ccc3nc2[nH]1. The van der Waals surface area contributed by atoms with Crippen molar-refractivity contribution in [3.63, 3.8) is 0 Å². The molecule has 17 heavy (non-hydrogen) atoms. The predicted molar refractivity (Wildman–Crippen MR) is 60.0 cm³/mol. The number of aromatic amines is 2. The fourth-order valence-electron chi connectivity index (χ4n) is 1.59. The molecule has 0 aliphatic heterocycles. The van der Waals surface area contributed by atoms with Crippen molar-refractivity contribution in [1.29, 1.82) is 0 Å². The Bertz CT molecular complexity index is 849. The minimum absolute atomic E-state index is 0.0303. The molecule has 0 saturated carbocycles. The number of nitrogens with one attached hydrogen (secondary N) is 2. The zero-order valence-electron chi connectivity index (χ0n) is 8.39. The van der Waals surface area contributed by atoms with Crippen LogP contribution in [0.5, 0.6) is 5.75 Å². The van der Waals surface area contributed by atoms with E-state index < -0.39 is 11.2 Å². The van der Waals surface area contributed by atoms with Crippen LogP contribution in [0.2, 0.25) is 0 Å². The van der Waals surface area contributed by atoms with Gasteiger partial charge in [-0.1, -0.05) is 0 Å². The summed E-state index contributed by atoms with van der Waals surface area (Å²) in [7, 11) is 0. The van der Waals surface area contributed by atoms with E-state index in [4.69, 9.17) is 0 Å². The first-order chi connectivity index (χ1) is 8.13. The van der Waals surface area contributed by atoms with E-state index in [9.17, 15) is 14.7 Å². The van der Waals surface area contributed by atoms with Gasteiger partial charge in [0.1, 0.15) is 5.75 Å². The quantitative estimate of drug-likeness (QED) is 0.465. The molecule has 7 nitrogen and oxygen atoms in total. The third kappa shape index (κ3) is 1.44. The van der Waals surface area contributed by atoms with Gasteiger partial charge >= 0.3 is 5.69 Å². The monoisotopic (exact) mass is 230 g/mol. The number of fused-ring (bicyclic) bond motifs is 2. The Morgan fingerprint density at radius 1 is 1.06 bits per heavy atom. The van der Waals surface area contributed by atoms with E-state index in [0.29, 0.717) is 11.0 Å². The first-order valence-electron chi connectivity index (χ1n) is 4.76. The molecule has 84 valence electrons. The van der Waals surface area contributed by atoms with Gasteiger partial charge in [-0.15, -0.1) is 0 Å². The summed E-state index contributed by atoms with van der Waals surface area (Å²) in [5, 5.41) is 9.30. The second-order valence-electron chi connectivity index (χ2n) is 3.50. The van der Waals surface area contributed by atoms with Gasteiger partial charge in [-0.25, -0.2) is 14.8 Å². The third-order valence-corrected chi connectivity index (χ3v) is 2.32. The van der Waals surface area contributed by atoms with Gasteiger partial charge in [-0.3, -0.25) is 14.8 Å². The minimum atomic E-state index is -0.630. The Hall–Kier alpha value is -2.70. The molecule has 0 unspecified atom stereocenters. The molecule has 0 fully saturated rings. The molecule has 0 spiro atoms. The van der Waals surface area contributed by atoms with Crippen molar-refractivity contribution in [2.45, 2.75) is 0 Å². The van der Waals surface area contributed by atoms with Crippen LogP contribution in [0.1, 0.15) is 0 Å². The summed E-state index contributed by atoms with van der Waals surface area (Å²) in [4.78, 5) is 35.1. The molecule has 1 aromatic carbocycles. The Balaban J connectivity index is 2.56. The Morgan fingerprint density at radius 3 is 2.71 bits per heavy atom. The number of hydrogen-bond donors (Lipinski definition) is 3. The summed E-state index contributed by atoms with van der Waals surface area (Å²) < 4.78 is 0. The number of aromatic hydroxyl groups is 1. The smallest absolute Gasteiger partial charge is 0.327 e. The van der Waals surface area contributed by atoms with Crippen molar-refractivity contribution in [2.24, 2.45) is 0 Å². The van der Waals surface area contributed by atoms with Crippen molar-refractivity contribution in [1.82, 2.24) is 19.9 Å². The number of nitrogens with zero attached hydrogens (tertiary/aromatic N) is 2. The topological polar surface area (TPSA) is 112 Å². The molecule has 0 amide bonds. The Morgan fingerprint density at radius 2 is 1.88 bits per heavy atom. The Labute approximate surface area is 92.8 Å². The van der Waals surface area contributed by atoms with Crippen LogP contribution >= 0.6 is 0 Å². The van der Waals surface area contributed by atoms with Gasteiger partial charge in [0.25, 0.3) is 5.56 Å². The van der Waals surface area contributed by atoms with Crippen molar-refractivity contribution in [2.75, 3.05) is 0 Å². The lowest BCUT2D eigenvalue weighted by atomic mass is 10.3. The minimum Gasteiger partial charge on any atom is -0.508 e. The van der Waals surface area contributed by atoms with E-state index in [1.165, 1.54) is 12.1 Å². The van der Waals surface area contributed by atoms with Gasteiger partial charge in [0.2, 0.25) is 0 Å². The first kappa shape index (κ1) is 9.52. The molecule has 2 heterocycles. The second kappa shape index (κ2) is 3.14. The summed E-state index contributed by atoms with van der Waals surface area (Å²) in [5.74, 6) is 0.0343.